The molecule has 0 fully saturated rings. The van der Waals surface area contributed by atoms with E-state index < -0.39 is 0 Å². The second kappa shape index (κ2) is 9.82. The van der Waals surface area contributed by atoms with Gasteiger partial charge in [0, 0.05) is 32.7 Å². The second-order valence-electron chi connectivity index (χ2n) is 6.96. The van der Waals surface area contributed by atoms with Crippen molar-refractivity contribution in [2.24, 2.45) is 4.99 Å². The van der Waals surface area contributed by atoms with Gasteiger partial charge in [-0.15, -0.1) is 0 Å². The van der Waals surface area contributed by atoms with Crippen LogP contribution in [0.5, 0.6) is 11.5 Å². The summed E-state index contributed by atoms with van der Waals surface area (Å²) >= 11 is 0. The Hall–Kier alpha value is -3.22. The number of hydrogen-bond donors (Lipinski definition) is 2. The minimum absolute atomic E-state index is 0.00132. The lowest BCUT2D eigenvalue weighted by atomic mass is 10.1. The zero-order valence-electron chi connectivity index (χ0n) is 17.2. The average molecular weight is 396 g/mol. The van der Waals surface area contributed by atoms with Crippen molar-refractivity contribution in [3.8, 4) is 11.5 Å². The summed E-state index contributed by atoms with van der Waals surface area (Å²) in [6, 6.07) is 13.6. The summed E-state index contributed by atoms with van der Waals surface area (Å²) < 4.78 is 10.8. The number of aliphatic imine (C=N–C) groups is 1. The maximum atomic E-state index is 12.0. The number of rotatable bonds is 7. The molecule has 0 unspecified atom stereocenters. The van der Waals surface area contributed by atoms with E-state index in [1.54, 1.807) is 19.0 Å². The van der Waals surface area contributed by atoms with Crippen molar-refractivity contribution in [3.63, 3.8) is 0 Å². The molecule has 29 heavy (non-hydrogen) atoms. The standard InChI is InChI=1S/C22H28N4O3/c1-4-23-22(24-12-11-16-7-10-19-20(13-16)29-15-28-19)25-14-17-5-8-18(9-6-17)21(27)26(2)3/h5-10,13H,4,11-12,14-15H2,1-3H3,(H2,23,24,25). The fourth-order valence-corrected chi connectivity index (χ4v) is 2.94. The molecule has 0 aromatic heterocycles. The van der Waals surface area contributed by atoms with Crippen LogP contribution < -0.4 is 20.1 Å². The summed E-state index contributed by atoms with van der Waals surface area (Å²) in [5.74, 6) is 2.37. The normalized spacial score (nSPS) is 12.6. The lowest BCUT2D eigenvalue weighted by Crippen LogP contribution is -2.38. The van der Waals surface area contributed by atoms with E-state index in [0.29, 0.717) is 18.9 Å². The van der Waals surface area contributed by atoms with Gasteiger partial charge in [-0.1, -0.05) is 18.2 Å². The zero-order valence-corrected chi connectivity index (χ0v) is 17.2. The van der Waals surface area contributed by atoms with E-state index in [2.05, 4.69) is 21.7 Å². The fourth-order valence-electron chi connectivity index (χ4n) is 2.94. The van der Waals surface area contributed by atoms with Gasteiger partial charge in [0.1, 0.15) is 0 Å². The van der Waals surface area contributed by atoms with E-state index in [0.717, 1.165) is 42.5 Å². The highest BCUT2D eigenvalue weighted by molar-refractivity contribution is 5.93. The highest BCUT2D eigenvalue weighted by Gasteiger charge is 2.13. The summed E-state index contributed by atoms with van der Waals surface area (Å²) in [5.41, 5.74) is 2.91. The van der Waals surface area contributed by atoms with E-state index in [1.165, 1.54) is 5.56 Å². The van der Waals surface area contributed by atoms with E-state index in [9.17, 15) is 4.79 Å². The number of ether oxygens (including phenoxy) is 2. The molecule has 0 spiro atoms. The Morgan fingerprint density at radius 2 is 1.76 bits per heavy atom. The van der Waals surface area contributed by atoms with Crippen LogP contribution in [0.15, 0.2) is 47.5 Å². The Bertz CT molecular complexity index is 863. The summed E-state index contributed by atoms with van der Waals surface area (Å²) in [6.45, 7) is 4.40. The topological polar surface area (TPSA) is 75.2 Å². The number of nitrogens with one attached hydrogen (secondary N) is 2. The van der Waals surface area contributed by atoms with Crippen LogP contribution in [0.3, 0.4) is 0 Å². The van der Waals surface area contributed by atoms with Crippen LogP contribution in [0, 0.1) is 0 Å². The first kappa shape index (κ1) is 20.5. The van der Waals surface area contributed by atoms with Crippen LogP contribution in [0.25, 0.3) is 0 Å². The molecule has 0 aliphatic carbocycles. The molecular formula is C22H28N4O3. The molecule has 0 saturated carbocycles. The largest absolute Gasteiger partial charge is 0.454 e. The van der Waals surface area contributed by atoms with Crippen LogP contribution in [-0.2, 0) is 13.0 Å². The van der Waals surface area contributed by atoms with E-state index in [4.69, 9.17) is 9.47 Å². The summed E-state index contributed by atoms with van der Waals surface area (Å²) in [4.78, 5) is 18.2. The van der Waals surface area contributed by atoms with E-state index >= 15 is 0 Å². The monoisotopic (exact) mass is 396 g/mol. The molecule has 2 aromatic rings. The zero-order chi connectivity index (χ0) is 20.6. The van der Waals surface area contributed by atoms with Gasteiger partial charge in [-0.05, 0) is 48.7 Å². The molecule has 154 valence electrons. The number of carbonyl (C=O) groups is 1. The summed E-state index contributed by atoms with van der Waals surface area (Å²) in [5, 5.41) is 6.62. The number of hydrogen-bond acceptors (Lipinski definition) is 4. The molecule has 2 N–H and O–H groups in total. The van der Waals surface area contributed by atoms with E-state index in [1.807, 2.05) is 43.3 Å². The molecule has 0 bridgehead atoms. The quantitative estimate of drug-likeness (QED) is 0.555. The van der Waals surface area contributed by atoms with E-state index in [-0.39, 0.29) is 5.91 Å². The Labute approximate surface area is 171 Å². The molecule has 0 atom stereocenters. The second-order valence-corrected chi connectivity index (χ2v) is 6.96. The van der Waals surface area contributed by atoms with Gasteiger partial charge < -0.3 is 25.0 Å². The van der Waals surface area contributed by atoms with Gasteiger partial charge in [0.05, 0.1) is 6.54 Å². The van der Waals surface area contributed by atoms with Gasteiger partial charge in [0.25, 0.3) is 5.91 Å². The Balaban J connectivity index is 1.53. The number of nitrogens with zero attached hydrogens (tertiary/aromatic N) is 2. The van der Waals surface area contributed by atoms with Crippen molar-refractivity contribution < 1.29 is 14.3 Å². The number of carbonyl (C=O) groups excluding carboxylic acids is 1. The molecule has 0 saturated heterocycles. The van der Waals surface area contributed by atoms with Gasteiger partial charge in [-0.2, -0.15) is 0 Å². The Morgan fingerprint density at radius 1 is 1.03 bits per heavy atom. The first-order valence-corrected chi connectivity index (χ1v) is 9.78. The van der Waals surface area contributed by atoms with Crippen LogP contribution in [0.2, 0.25) is 0 Å². The van der Waals surface area contributed by atoms with Crippen LogP contribution in [0.4, 0.5) is 0 Å². The third kappa shape index (κ3) is 5.63. The fraction of sp³-hybridized carbons (Fsp3) is 0.364. The maximum absolute atomic E-state index is 12.0. The SMILES string of the molecule is CCNC(=NCc1ccc(C(=O)N(C)C)cc1)NCCc1ccc2c(c1)OCO2. The molecule has 1 amide bonds. The van der Waals surface area contributed by atoms with Crippen LogP contribution in [0.1, 0.15) is 28.4 Å². The minimum Gasteiger partial charge on any atom is -0.454 e. The third-order valence-corrected chi connectivity index (χ3v) is 4.51. The predicted octanol–water partition coefficient (Wildman–Crippen LogP) is 2.41. The number of fused-ring (bicyclic) bond motifs is 1. The van der Waals surface area contributed by atoms with Crippen molar-refractivity contribution in [1.29, 1.82) is 0 Å². The molecule has 2 aromatic carbocycles. The van der Waals surface area contributed by atoms with Crippen molar-refractivity contribution in [3.05, 3.63) is 59.2 Å². The lowest BCUT2D eigenvalue weighted by molar-refractivity contribution is 0.0827. The molecule has 1 aliphatic rings. The smallest absolute Gasteiger partial charge is 0.253 e. The van der Waals surface area contributed by atoms with Crippen LogP contribution in [-0.4, -0.2) is 50.7 Å². The van der Waals surface area contributed by atoms with Gasteiger partial charge in [0.2, 0.25) is 6.79 Å². The molecule has 3 rings (SSSR count). The molecule has 1 heterocycles. The van der Waals surface area contributed by atoms with Gasteiger partial charge in [-0.3, -0.25) is 4.79 Å². The molecule has 0 radical (unpaired) electrons. The van der Waals surface area contributed by atoms with Crippen molar-refractivity contribution >= 4 is 11.9 Å². The molecular weight excluding hydrogens is 368 g/mol. The van der Waals surface area contributed by atoms with Crippen molar-refractivity contribution in [1.82, 2.24) is 15.5 Å². The Morgan fingerprint density at radius 3 is 2.48 bits per heavy atom. The summed E-state index contributed by atoms with van der Waals surface area (Å²) in [6.07, 6.45) is 0.850. The highest BCUT2D eigenvalue weighted by atomic mass is 16.7. The van der Waals surface area contributed by atoms with Crippen molar-refractivity contribution in [2.45, 2.75) is 19.9 Å². The maximum Gasteiger partial charge on any atom is 0.253 e. The third-order valence-electron chi connectivity index (χ3n) is 4.51. The lowest BCUT2D eigenvalue weighted by Gasteiger charge is -2.12. The minimum atomic E-state index is -0.00132. The first-order valence-electron chi connectivity index (χ1n) is 9.78. The Kier molecular flexibility index (Phi) is 6.94. The van der Waals surface area contributed by atoms with Crippen LogP contribution >= 0.6 is 0 Å². The van der Waals surface area contributed by atoms with Crippen molar-refractivity contribution in [2.75, 3.05) is 34.0 Å². The summed E-state index contributed by atoms with van der Waals surface area (Å²) in [7, 11) is 3.50. The number of guanidine groups is 1. The number of amides is 1. The van der Waals surface area contributed by atoms with Gasteiger partial charge in [-0.25, -0.2) is 4.99 Å². The van der Waals surface area contributed by atoms with Gasteiger partial charge in [0.15, 0.2) is 17.5 Å². The molecule has 1 aliphatic heterocycles. The highest BCUT2D eigenvalue weighted by Crippen LogP contribution is 2.32. The average Bonchev–Trinajstić information content (AvgIpc) is 3.19. The number of benzene rings is 2. The van der Waals surface area contributed by atoms with Gasteiger partial charge >= 0.3 is 0 Å². The molecule has 7 nitrogen and oxygen atoms in total. The molecule has 7 heteroatoms. The first-order chi connectivity index (χ1) is 14.1. The predicted molar refractivity (Wildman–Crippen MR) is 114 cm³/mol.